The fourth-order valence-electron chi connectivity index (χ4n) is 3.59. The molecule has 7 heteroatoms. The van der Waals surface area contributed by atoms with E-state index < -0.39 is 0 Å². The van der Waals surface area contributed by atoms with Crippen LogP contribution in [0.15, 0.2) is 12.2 Å². The monoisotopic (exact) mass is 393 g/mol. The van der Waals surface area contributed by atoms with E-state index in [9.17, 15) is 14.4 Å². The lowest BCUT2D eigenvalue weighted by Gasteiger charge is -2.31. The Balaban J connectivity index is 1.69. The fourth-order valence-corrected chi connectivity index (χ4v) is 3.59. The molecule has 2 fully saturated rings. The van der Waals surface area contributed by atoms with Crippen LogP contribution in [0.5, 0.6) is 0 Å². The number of allylic oxidation sites excluding steroid dienone is 1. The van der Waals surface area contributed by atoms with E-state index in [1.807, 2.05) is 13.0 Å². The zero-order valence-electron chi connectivity index (χ0n) is 17.1. The second-order valence-corrected chi connectivity index (χ2v) is 7.69. The second kappa shape index (κ2) is 12.5. The topological polar surface area (TPSA) is 87.7 Å². The number of rotatable bonds is 9. The smallest absolute Gasteiger partial charge is 0.307 e. The van der Waals surface area contributed by atoms with Gasteiger partial charge in [0.2, 0.25) is 11.8 Å². The van der Waals surface area contributed by atoms with Gasteiger partial charge in [-0.15, -0.1) is 0 Å². The van der Waals surface area contributed by atoms with Crippen molar-refractivity contribution in [1.29, 1.82) is 0 Å². The summed E-state index contributed by atoms with van der Waals surface area (Å²) in [6.45, 7) is 5.90. The molecule has 0 aromatic rings. The number of amides is 2. The Morgan fingerprint density at radius 3 is 2.75 bits per heavy atom. The number of nitrogens with one attached hydrogen (secondary N) is 2. The van der Waals surface area contributed by atoms with Crippen molar-refractivity contribution in [3.8, 4) is 0 Å². The van der Waals surface area contributed by atoms with Gasteiger partial charge in [-0.3, -0.25) is 14.4 Å². The lowest BCUT2D eigenvalue weighted by Crippen LogP contribution is -2.45. The average molecular weight is 394 g/mol. The van der Waals surface area contributed by atoms with Crippen molar-refractivity contribution in [2.24, 2.45) is 11.8 Å². The number of hydrogen-bond acceptors (Lipinski definition) is 5. The number of piperidine rings is 2. The summed E-state index contributed by atoms with van der Waals surface area (Å²) in [5.74, 6) is -0.110. The number of likely N-dealkylation sites (tertiary alicyclic amines) is 1. The van der Waals surface area contributed by atoms with E-state index in [0.717, 1.165) is 51.6 Å². The van der Waals surface area contributed by atoms with Crippen LogP contribution in [0.1, 0.15) is 51.9 Å². The largest absolute Gasteiger partial charge is 0.466 e. The summed E-state index contributed by atoms with van der Waals surface area (Å²) in [6, 6.07) is 0. The minimum Gasteiger partial charge on any atom is -0.466 e. The number of ether oxygens (including phenoxy) is 1. The van der Waals surface area contributed by atoms with Gasteiger partial charge in [0.05, 0.1) is 18.9 Å². The number of carbonyl (C=O) groups excluding carboxylic acids is 3. The highest BCUT2D eigenvalue weighted by Gasteiger charge is 2.27. The van der Waals surface area contributed by atoms with E-state index in [1.54, 1.807) is 11.0 Å². The number of esters is 1. The van der Waals surface area contributed by atoms with E-state index >= 15 is 0 Å². The minimum atomic E-state index is -0.280. The summed E-state index contributed by atoms with van der Waals surface area (Å²) >= 11 is 0. The Hall–Kier alpha value is -1.89. The van der Waals surface area contributed by atoms with Crippen LogP contribution in [0.25, 0.3) is 0 Å². The molecule has 0 aromatic carbocycles. The van der Waals surface area contributed by atoms with Crippen LogP contribution in [0, 0.1) is 11.8 Å². The third-order valence-electron chi connectivity index (χ3n) is 5.39. The molecule has 2 aliphatic heterocycles. The first-order valence-electron chi connectivity index (χ1n) is 10.7. The second-order valence-electron chi connectivity index (χ2n) is 7.69. The van der Waals surface area contributed by atoms with Crippen molar-refractivity contribution in [2.75, 3.05) is 39.3 Å². The molecular formula is C21H35N3O4. The highest BCUT2D eigenvalue weighted by Crippen LogP contribution is 2.18. The van der Waals surface area contributed by atoms with Crippen molar-refractivity contribution in [1.82, 2.24) is 15.5 Å². The van der Waals surface area contributed by atoms with Crippen molar-refractivity contribution >= 4 is 17.8 Å². The third-order valence-corrected chi connectivity index (χ3v) is 5.39. The quantitative estimate of drug-likeness (QED) is 0.353. The van der Waals surface area contributed by atoms with Crippen LogP contribution >= 0.6 is 0 Å². The van der Waals surface area contributed by atoms with Crippen LogP contribution < -0.4 is 10.6 Å². The Morgan fingerprint density at radius 1 is 1.21 bits per heavy atom. The summed E-state index contributed by atoms with van der Waals surface area (Å²) in [6.07, 6.45) is 9.46. The summed E-state index contributed by atoms with van der Waals surface area (Å²) in [7, 11) is 0. The van der Waals surface area contributed by atoms with Crippen molar-refractivity contribution in [3.63, 3.8) is 0 Å². The van der Waals surface area contributed by atoms with E-state index in [-0.39, 0.29) is 36.7 Å². The van der Waals surface area contributed by atoms with E-state index in [0.29, 0.717) is 25.6 Å². The third kappa shape index (κ3) is 8.00. The minimum absolute atomic E-state index is 0.00413. The van der Waals surface area contributed by atoms with Crippen molar-refractivity contribution in [3.05, 3.63) is 12.2 Å². The SMILES string of the molecule is CCCCOC(=O)CCNC(=O)[C@@H]1CCCN(C(=O)/C=C/C2CCNCC2)C1. The predicted molar refractivity (Wildman–Crippen MR) is 108 cm³/mol. The molecule has 2 aliphatic rings. The molecule has 0 bridgehead atoms. The molecule has 2 N–H and O–H groups in total. The van der Waals surface area contributed by atoms with Gasteiger partial charge in [-0.05, 0) is 57.2 Å². The Bertz CT molecular complexity index is 544. The number of hydrogen-bond donors (Lipinski definition) is 2. The van der Waals surface area contributed by atoms with Gasteiger partial charge < -0.3 is 20.3 Å². The van der Waals surface area contributed by atoms with Gasteiger partial charge in [0.1, 0.15) is 0 Å². The van der Waals surface area contributed by atoms with Crippen molar-refractivity contribution in [2.45, 2.75) is 51.9 Å². The molecule has 28 heavy (non-hydrogen) atoms. The summed E-state index contributed by atoms with van der Waals surface area (Å²) in [4.78, 5) is 38.2. The molecule has 7 nitrogen and oxygen atoms in total. The van der Waals surface area contributed by atoms with E-state index in [2.05, 4.69) is 10.6 Å². The maximum Gasteiger partial charge on any atom is 0.307 e. The molecule has 0 aromatic heterocycles. The molecule has 2 amide bonds. The van der Waals surface area contributed by atoms with Gasteiger partial charge in [-0.2, -0.15) is 0 Å². The van der Waals surface area contributed by atoms with Crippen LogP contribution in [-0.2, 0) is 19.1 Å². The van der Waals surface area contributed by atoms with E-state index in [1.165, 1.54) is 0 Å². The first kappa shape index (κ1) is 22.4. The van der Waals surface area contributed by atoms with Gasteiger partial charge in [0, 0.05) is 19.6 Å². The highest BCUT2D eigenvalue weighted by molar-refractivity contribution is 5.88. The number of unbranched alkanes of at least 4 members (excludes halogenated alkanes) is 1. The van der Waals surface area contributed by atoms with Crippen LogP contribution in [-0.4, -0.2) is 62.0 Å². The fraction of sp³-hybridized carbons (Fsp3) is 0.762. The average Bonchev–Trinajstić information content (AvgIpc) is 2.73. The van der Waals surface area contributed by atoms with Gasteiger partial charge in [-0.1, -0.05) is 19.4 Å². The normalized spacial score (nSPS) is 20.9. The lowest BCUT2D eigenvalue weighted by atomic mass is 9.96. The summed E-state index contributed by atoms with van der Waals surface area (Å²) in [5.41, 5.74) is 0. The maximum absolute atomic E-state index is 12.5. The molecule has 0 aliphatic carbocycles. The summed E-state index contributed by atoms with van der Waals surface area (Å²) in [5, 5.41) is 6.13. The molecule has 2 heterocycles. The van der Waals surface area contributed by atoms with Crippen LogP contribution in [0.2, 0.25) is 0 Å². The predicted octanol–water partition coefficient (Wildman–Crippen LogP) is 1.63. The molecule has 0 saturated carbocycles. The van der Waals surface area contributed by atoms with Gasteiger partial charge >= 0.3 is 5.97 Å². The van der Waals surface area contributed by atoms with Gasteiger partial charge in [0.15, 0.2) is 0 Å². The molecule has 0 unspecified atom stereocenters. The Kier molecular flexibility index (Phi) is 10.0. The van der Waals surface area contributed by atoms with Crippen molar-refractivity contribution < 1.29 is 19.1 Å². The highest BCUT2D eigenvalue weighted by atomic mass is 16.5. The number of nitrogens with zero attached hydrogens (tertiary/aromatic N) is 1. The number of carbonyl (C=O) groups is 3. The van der Waals surface area contributed by atoms with Crippen LogP contribution in [0.3, 0.4) is 0 Å². The zero-order chi connectivity index (χ0) is 20.2. The standard InChI is InChI=1S/C21H35N3O4/c1-2-3-15-28-20(26)10-13-23-21(27)18-5-4-14-24(16-18)19(25)7-6-17-8-11-22-12-9-17/h6-7,17-18,22H,2-5,8-16H2,1H3,(H,23,27)/b7-6+/t18-/m1/s1. The van der Waals surface area contributed by atoms with Gasteiger partial charge in [-0.25, -0.2) is 0 Å². The Labute approximate surface area is 168 Å². The first-order chi connectivity index (χ1) is 13.6. The molecule has 1 atom stereocenters. The molecule has 2 saturated heterocycles. The molecular weight excluding hydrogens is 358 g/mol. The molecule has 2 rings (SSSR count). The van der Waals surface area contributed by atoms with Gasteiger partial charge in [0.25, 0.3) is 0 Å². The molecule has 158 valence electrons. The Morgan fingerprint density at radius 2 is 2.00 bits per heavy atom. The van der Waals surface area contributed by atoms with Crippen LogP contribution in [0.4, 0.5) is 0 Å². The molecule has 0 radical (unpaired) electrons. The lowest BCUT2D eigenvalue weighted by molar-refractivity contribution is -0.143. The maximum atomic E-state index is 12.5. The summed E-state index contributed by atoms with van der Waals surface area (Å²) < 4.78 is 5.08. The van der Waals surface area contributed by atoms with E-state index in [4.69, 9.17) is 4.74 Å². The molecule has 0 spiro atoms. The first-order valence-corrected chi connectivity index (χ1v) is 10.7. The zero-order valence-corrected chi connectivity index (χ0v) is 17.1.